The van der Waals surface area contributed by atoms with Crippen LogP contribution in [0.2, 0.25) is 0 Å². The lowest BCUT2D eigenvalue weighted by atomic mass is 9.98. The Kier molecular flexibility index (Phi) is 5.25. The van der Waals surface area contributed by atoms with Gasteiger partial charge in [-0.3, -0.25) is 0 Å². The average molecular weight is 588 g/mol. The zero-order valence-corrected chi connectivity index (χ0v) is 24.7. The second-order valence-electron chi connectivity index (χ2n) is 11.8. The number of hydrogen-bond donors (Lipinski definition) is 0. The Labute approximate surface area is 263 Å². The second-order valence-corrected chi connectivity index (χ2v) is 11.8. The summed E-state index contributed by atoms with van der Waals surface area (Å²) in [5.41, 5.74) is 8.94. The van der Waals surface area contributed by atoms with E-state index in [1.807, 2.05) is 18.2 Å². The number of hydrogen-bond acceptors (Lipinski definition) is 3. The van der Waals surface area contributed by atoms with Gasteiger partial charge in [-0.15, -0.1) is 0 Å². The van der Waals surface area contributed by atoms with Crippen molar-refractivity contribution in [1.29, 1.82) is 0 Å². The molecular weight excluding hydrogens is 562 g/mol. The van der Waals surface area contributed by atoms with Gasteiger partial charge in [-0.1, -0.05) is 109 Å². The second kappa shape index (κ2) is 9.62. The molecule has 0 unspecified atom stereocenters. The van der Waals surface area contributed by atoms with Crippen molar-refractivity contribution in [2.75, 3.05) is 0 Å². The highest BCUT2D eigenvalue weighted by molar-refractivity contribution is 6.22. The van der Waals surface area contributed by atoms with Crippen molar-refractivity contribution in [2.24, 2.45) is 0 Å². The number of benzene rings is 7. The van der Waals surface area contributed by atoms with Crippen LogP contribution in [0.25, 0.3) is 93.8 Å². The van der Waals surface area contributed by atoms with E-state index in [0.717, 1.165) is 66.1 Å². The van der Waals surface area contributed by atoms with Crippen molar-refractivity contribution in [3.63, 3.8) is 0 Å². The first-order valence-corrected chi connectivity index (χ1v) is 15.5. The number of aromatic nitrogens is 3. The summed E-state index contributed by atoms with van der Waals surface area (Å²) in [5, 5.41) is 7.92. The van der Waals surface area contributed by atoms with E-state index in [9.17, 15) is 0 Å². The van der Waals surface area contributed by atoms with Crippen molar-refractivity contribution in [2.45, 2.75) is 0 Å². The van der Waals surface area contributed by atoms with Crippen molar-refractivity contribution >= 4 is 65.4 Å². The highest BCUT2D eigenvalue weighted by atomic mass is 16.3. The van der Waals surface area contributed by atoms with E-state index in [4.69, 9.17) is 14.4 Å². The Hall–Kier alpha value is -6.26. The van der Waals surface area contributed by atoms with Crippen LogP contribution in [0.4, 0.5) is 0 Å². The van der Waals surface area contributed by atoms with E-state index in [0.29, 0.717) is 5.82 Å². The summed E-state index contributed by atoms with van der Waals surface area (Å²) in [4.78, 5) is 10.3. The SMILES string of the molecule is c1ccc(-c2nc(-c3cc4oc5cc(-n6c7ccccc7c7ccccc76)ccc5c4c4ccccc34)nc3ccccc23)cc1. The molecule has 0 atom stereocenters. The Morgan fingerprint density at radius 1 is 0.457 bits per heavy atom. The van der Waals surface area contributed by atoms with Crippen LogP contribution in [-0.2, 0) is 0 Å². The normalized spacial score (nSPS) is 11.9. The zero-order chi connectivity index (χ0) is 30.2. The van der Waals surface area contributed by atoms with Crippen LogP contribution in [0.1, 0.15) is 0 Å². The van der Waals surface area contributed by atoms with Gasteiger partial charge in [0.05, 0.1) is 22.2 Å². The fourth-order valence-electron chi connectivity index (χ4n) is 7.17. The van der Waals surface area contributed by atoms with Gasteiger partial charge in [-0.2, -0.15) is 0 Å². The van der Waals surface area contributed by atoms with Crippen LogP contribution in [0.3, 0.4) is 0 Å². The molecule has 7 aromatic carbocycles. The Morgan fingerprint density at radius 3 is 1.85 bits per heavy atom. The third kappa shape index (κ3) is 3.61. The summed E-state index contributed by atoms with van der Waals surface area (Å²) in [7, 11) is 0. The number of nitrogens with zero attached hydrogens (tertiary/aromatic N) is 3. The highest BCUT2D eigenvalue weighted by Gasteiger charge is 2.19. The number of rotatable bonds is 3. The molecule has 4 nitrogen and oxygen atoms in total. The molecule has 0 fully saturated rings. The molecule has 46 heavy (non-hydrogen) atoms. The highest BCUT2D eigenvalue weighted by Crippen LogP contribution is 2.41. The predicted octanol–water partition coefficient (Wildman–Crippen LogP) is 11.1. The summed E-state index contributed by atoms with van der Waals surface area (Å²) in [5.74, 6) is 0.682. The van der Waals surface area contributed by atoms with Crippen molar-refractivity contribution in [3.8, 4) is 28.3 Å². The molecule has 0 saturated heterocycles. The summed E-state index contributed by atoms with van der Waals surface area (Å²) in [6.07, 6.45) is 0. The maximum Gasteiger partial charge on any atom is 0.161 e. The van der Waals surface area contributed by atoms with Crippen LogP contribution < -0.4 is 0 Å². The van der Waals surface area contributed by atoms with Gasteiger partial charge < -0.3 is 8.98 Å². The third-order valence-corrected chi connectivity index (χ3v) is 9.19. The topological polar surface area (TPSA) is 43.9 Å². The van der Waals surface area contributed by atoms with Gasteiger partial charge in [0.1, 0.15) is 11.2 Å². The number of para-hydroxylation sites is 3. The van der Waals surface area contributed by atoms with Crippen LogP contribution in [0, 0.1) is 0 Å². The molecule has 3 heterocycles. The fraction of sp³-hybridized carbons (Fsp3) is 0. The lowest BCUT2D eigenvalue weighted by Gasteiger charge is -2.11. The van der Waals surface area contributed by atoms with Crippen LogP contribution >= 0.6 is 0 Å². The van der Waals surface area contributed by atoms with Crippen molar-refractivity contribution in [1.82, 2.24) is 14.5 Å². The summed E-state index contributed by atoms with van der Waals surface area (Å²) in [6.45, 7) is 0. The van der Waals surface area contributed by atoms with Gasteiger partial charge in [-0.05, 0) is 47.2 Å². The van der Waals surface area contributed by atoms with Gasteiger partial charge in [-0.25, -0.2) is 9.97 Å². The summed E-state index contributed by atoms with van der Waals surface area (Å²) in [6, 6.07) is 52.9. The van der Waals surface area contributed by atoms with E-state index in [2.05, 4.69) is 138 Å². The molecule has 0 aliphatic heterocycles. The summed E-state index contributed by atoms with van der Waals surface area (Å²) < 4.78 is 9.05. The molecule has 0 radical (unpaired) electrons. The average Bonchev–Trinajstić information content (AvgIpc) is 3.66. The fourth-order valence-corrected chi connectivity index (χ4v) is 7.17. The van der Waals surface area contributed by atoms with Gasteiger partial charge in [0.25, 0.3) is 0 Å². The first kappa shape index (κ1) is 25.1. The number of furan rings is 1. The van der Waals surface area contributed by atoms with Gasteiger partial charge in [0.2, 0.25) is 0 Å². The molecule has 0 bridgehead atoms. The van der Waals surface area contributed by atoms with E-state index in [-0.39, 0.29) is 0 Å². The Balaban J connectivity index is 1.23. The lowest BCUT2D eigenvalue weighted by Crippen LogP contribution is -1.96. The van der Waals surface area contributed by atoms with Crippen molar-refractivity contribution in [3.05, 3.63) is 152 Å². The predicted molar refractivity (Wildman–Crippen MR) is 190 cm³/mol. The molecular formula is C42H25N3O. The lowest BCUT2D eigenvalue weighted by molar-refractivity contribution is 0.669. The molecule has 10 aromatic rings. The quantitative estimate of drug-likeness (QED) is 0.207. The molecule has 0 aliphatic rings. The summed E-state index contributed by atoms with van der Waals surface area (Å²) >= 11 is 0. The smallest absolute Gasteiger partial charge is 0.161 e. The molecule has 0 spiro atoms. The molecule has 214 valence electrons. The van der Waals surface area contributed by atoms with Crippen LogP contribution in [0.5, 0.6) is 0 Å². The third-order valence-electron chi connectivity index (χ3n) is 9.19. The molecule has 0 aliphatic carbocycles. The Morgan fingerprint density at radius 2 is 1.09 bits per heavy atom. The minimum absolute atomic E-state index is 0.682. The molecule has 4 heteroatoms. The molecule has 0 N–H and O–H groups in total. The Bertz CT molecular complexity index is 2760. The van der Waals surface area contributed by atoms with Gasteiger partial charge in [0.15, 0.2) is 5.82 Å². The molecule has 0 amide bonds. The van der Waals surface area contributed by atoms with E-state index in [1.54, 1.807) is 0 Å². The van der Waals surface area contributed by atoms with E-state index in [1.165, 1.54) is 21.8 Å². The standard InChI is InChI=1S/C42H25N3O/c1-2-12-26(13-3-1)41-32-18-6-9-19-35(32)43-42(44-41)34-25-39-40(31-17-5-4-14-28(31)34)33-23-22-27(24-38(33)46-39)45-36-20-10-7-15-29(36)30-16-8-11-21-37(30)45/h1-25H. The number of fused-ring (bicyclic) bond motifs is 9. The van der Waals surface area contributed by atoms with Crippen molar-refractivity contribution < 1.29 is 4.42 Å². The minimum atomic E-state index is 0.682. The maximum absolute atomic E-state index is 6.72. The largest absolute Gasteiger partial charge is 0.456 e. The first-order valence-electron chi connectivity index (χ1n) is 15.5. The zero-order valence-electron chi connectivity index (χ0n) is 24.7. The monoisotopic (exact) mass is 587 g/mol. The van der Waals surface area contributed by atoms with Gasteiger partial charge in [0, 0.05) is 49.8 Å². The van der Waals surface area contributed by atoms with Gasteiger partial charge >= 0.3 is 0 Å². The minimum Gasteiger partial charge on any atom is -0.456 e. The molecule has 10 rings (SSSR count). The first-order chi connectivity index (χ1) is 22.8. The molecule has 0 saturated carbocycles. The maximum atomic E-state index is 6.72. The molecule has 3 aromatic heterocycles. The van der Waals surface area contributed by atoms with E-state index >= 15 is 0 Å². The van der Waals surface area contributed by atoms with Crippen LogP contribution in [0.15, 0.2) is 156 Å². The van der Waals surface area contributed by atoms with E-state index < -0.39 is 0 Å². The van der Waals surface area contributed by atoms with Crippen LogP contribution in [-0.4, -0.2) is 14.5 Å².